The predicted octanol–water partition coefficient (Wildman–Crippen LogP) is 2.38. The molecule has 0 saturated carbocycles. The fourth-order valence-electron chi connectivity index (χ4n) is 2.70. The van der Waals surface area contributed by atoms with Crippen molar-refractivity contribution in [2.45, 2.75) is 43.3 Å². The number of sulfonamides is 1. The Labute approximate surface area is 138 Å². The van der Waals surface area contributed by atoms with E-state index in [-0.39, 0.29) is 17.3 Å². The minimum atomic E-state index is -4.53. The number of carbonyl (C=O) groups is 1. The van der Waals surface area contributed by atoms with Crippen LogP contribution < -0.4 is 5.32 Å². The van der Waals surface area contributed by atoms with Gasteiger partial charge in [0.15, 0.2) is 0 Å². The number of hydrogen-bond donors (Lipinski definition) is 1. The van der Waals surface area contributed by atoms with E-state index in [1.807, 2.05) is 0 Å². The van der Waals surface area contributed by atoms with Crippen LogP contribution in [0.5, 0.6) is 0 Å². The van der Waals surface area contributed by atoms with Crippen molar-refractivity contribution in [2.24, 2.45) is 0 Å². The second-order valence-electron chi connectivity index (χ2n) is 5.54. The number of hydrogen-bond acceptors (Lipinski definition) is 3. The normalized spacial score (nSPS) is 19.9. The highest BCUT2D eigenvalue weighted by molar-refractivity contribution is 7.89. The van der Waals surface area contributed by atoms with Gasteiger partial charge in [0.1, 0.15) is 6.04 Å². The zero-order valence-corrected chi connectivity index (χ0v) is 14.0. The summed E-state index contributed by atoms with van der Waals surface area (Å²) >= 11 is 0. The molecule has 1 amide bonds. The lowest BCUT2D eigenvalue weighted by atomic mass is 10.0. The van der Waals surface area contributed by atoms with Crippen LogP contribution >= 0.6 is 0 Å². The van der Waals surface area contributed by atoms with E-state index < -0.39 is 27.8 Å². The third-order valence-corrected chi connectivity index (χ3v) is 5.82. The number of carbonyl (C=O) groups excluding carboxylic acids is 1. The molecule has 1 saturated heterocycles. The van der Waals surface area contributed by atoms with Crippen molar-refractivity contribution in [3.8, 4) is 0 Å². The first kappa shape index (κ1) is 18.7. The summed E-state index contributed by atoms with van der Waals surface area (Å²) in [4.78, 5) is 11.9. The maximum atomic E-state index is 12.7. The molecule has 1 aliphatic rings. The van der Waals surface area contributed by atoms with Gasteiger partial charge in [-0.15, -0.1) is 0 Å². The van der Waals surface area contributed by atoms with Crippen LogP contribution in [-0.4, -0.2) is 37.8 Å². The van der Waals surface area contributed by atoms with E-state index in [0.29, 0.717) is 19.4 Å². The van der Waals surface area contributed by atoms with Crippen LogP contribution in [-0.2, 0) is 21.0 Å². The first-order valence-corrected chi connectivity index (χ1v) is 9.08. The van der Waals surface area contributed by atoms with Gasteiger partial charge in [-0.3, -0.25) is 4.79 Å². The highest BCUT2D eigenvalue weighted by Gasteiger charge is 2.38. The van der Waals surface area contributed by atoms with E-state index >= 15 is 0 Å². The van der Waals surface area contributed by atoms with Crippen LogP contribution in [0.1, 0.15) is 31.7 Å². The molecule has 1 aromatic rings. The molecule has 5 nitrogen and oxygen atoms in total. The number of alkyl halides is 3. The zero-order chi connectivity index (χ0) is 18.0. The van der Waals surface area contributed by atoms with Crippen LogP contribution in [0.3, 0.4) is 0 Å². The van der Waals surface area contributed by atoms with Crippen molar-refractivity contribution in [3.05, 3.63) is 29.8 Å². The van der Waals surface area contributed by atoms with Crippen molar-refractivity contribution >= 4 is 15.9 Å². The van der Waals surface area contributed by atoms with Crippen molar-refractivity contribution in [1.29, 1.82) is 0 Å². The molecule has 0 unspecified atom stereocenters. The average molecular weight is 364 g/mol. The van der Waals surface area contributed by atoms with Crippen molar-refractivity contribution in [1.82, 2.24) is 9.62 Å². The molecule has 1 fully saturated rings. The monoisotopic (exact) mass is 364 g/mol. The number of amides is 1. The largest absolute Gasteiger partial charge is 0.416 e. The summed E-state index contributed by atoms with van der Waals surface area (Å²) < 4.78 is 64.4. The van der Waals surface area contributed by atoms with Gasteiger partial charge in [-0.05, 0) is 44.0 Å². The van der Waals surface area contributed by atoms with E-state index in [2.05, 4.69) is 5.32 Å². The smallest absolute Gasteiger partial charge is 0.355 e. The van der Waals surface area contributed by atoms with E-state index in [0.717, 1.165) is 35.0 Å². The van der Waals surface area contributed by atoms with E-state index in [9.17, 15) is 26.4 Å². The zero-order valence-electron chi connectivity index (χ0n) is 13.1. The van der Waals surface area contributed by atoms with Gasteiger partial charge in [-0.25, -0.2) is 8.42 Å². The Morgan fingerprint density at radius 2 is 1.88 bits per heavy atom. The minimum absolute atomic E-state index is 0.172. The van der Waals surface area contributed by atoms with Gasteiger partial charge in [0.2, 0.25) is 15.9 Å². The first-order valence-electron chi connectivity index (χ1n) is 7.64. The molecule has 1 aromatic carbocycles. The van der Waals surface area contributed by atoms with E-state index in [4.69, 9.17) is 0 Å². The van der Waals surface area contributed by atoms with Gasteiger partial charge in [0, 0.05) is 13.1 Å². The number of nitrogens with zero attached hydrogens (tertiary/aromatic N) is 1. The number of nitrogens with one attached hydrogen (secondary N) is 1. The van der Waals surface area contributed by atoms with Crippen LogP contribution in [0, 0.1) is 0 Å². The Bertz CT molecular complexity index is 687. The maximum absolute atomic E-state index is 12.7. The summed E-state index contributed by atoms with van der Waals surface area (Å²) in [6.45, 7) is 2.28. The third-order valence-electron chi connectivity index (χ3n) is 3.90. The summed E-state index contributed by atoms with van der Waals surface area (Å²) in [6.07, 6.45) is -2.81. The number of likely N-dealkylation sites (N-methyl/N-ethyl adjacent to an activating group) is 1. The molecule has 1 heterocycles. The molecule has 24 heavy (non-hydrogen) atoms. The highest BCUT2D eigenvalue weighted by Crippen LogP contribution is 2.31. The number of piperidine rings is 1. The minimum Gasteiger partial charge on any atom is -0.355 e. The quantitative estimate of drug-likeness (QED) is 0.892. The van der Waals surface area contributed by atoms with Crippen molar-refractivity contribution in [3.63, 3.8) is 0 Å². The van der Waals surface area contributed by atoms with Gasteiger partial charge < -0.3 is 5.32 Å². The number of rotatable bonds is 4. The molecule has 0 radical (unpaired) electrons. The molecule has 0 spiro atoms. The summed E-state index contributed by atoms with van der Waals surface area (Å²) in [5, 5.41) is 2.60. The molecule has 1 atom stereocenters. The molecule has 134 valence electrons. The molecule has 1 N–H and O–H groups in total. The molecule has 0 bridgehead atoms. The fraction of sp³-hybridized carbons (Fsp3) is 0.533. The van der Waals surface area contributed by atoms with Crippen LogP contribution in [0.25, 0.3) is 0 Å². The molecule has 1 aliphatic heterocycles. The van der Waals surface area contributed by atoms with E-state index in [1.165, 1.54) is 0 Å². The highest BCUT2D eigenvalue weighted by atomic mass is 32.2. The topological polar surface area (TPSA) is 66.5 Å². The predicted molar refractivity (Wildman–Crippen MR) is 81.7 cm³/mol. The lowest BCUT2D eigenvalue weighted by Crippen LogP contribution is -2.51. The lowest BCUT2D eigenvalue weighted by molar-refractivity contribution is -0.137. The average Bonchev–Trinajstić information content (AvgIpc) is 2.54. The Morgan fingerprint density at radius 3 is 2.42 bits per heavy atom. The van der Waals surface area contributed by atoms with Crippen LogP contribution in [0.15, 0.2) is 29.2 Å². The molecule has 0 aromatic heterocycles. The maximum Gasteiger partial charge on any atom is 0.416 e. The molecular formula is C15H19F3N2O3S. The summed E-state index contributed by atoms with van der Waals surface area (Å²) in [5.74, 6) is -0.382. The number of benzene rings is 1. The second kappa shape index (κ2) is 7.10. The summed E-state index contributed by atoms with van der Waals surface area (Å²) in [7, 11) is -4.03. The lowest BCUT2D eigenvalue weighted by Gasteiger charge is -2.33. The second-order valence-corrected chi connectivity index (χ2v) is 7.43. The Kier molecular flexibility index (Phi) is 5.54. The number of halogens is 3. The molecular weight excluding hydrogens is 345 g/mol. The van der Waals surface area contributed by atoms with Gasteiger partial charge in [-0.1, -0.05) is 6.42 Å². The molecule has 0 aliphatic carbocycles. The van der Waals surface area contributed by atoms with Crippen LogP contribution in [0.2, 0.25) is 0 Å². The Balaban J connectivity index is 2.31. The Hall–Kier alpha value is -1.61. The van der Waals surface area contributed by atoms with E-state index in [1.54, 1.807) is 6.92 Å². The Morgan fingerprint density at radius 1 is 1.25 bits per heavy atom. The SMILES string of the molecule is CCNC(=O)[C@@H]1CCCCN1S(=O)(=O)c1ccc(C(F)(F)F)cc1. The molecule has 2 rings (SSSR count). The fourth-order valence-corrected chi connectivity index (χ4v) is 4.35. The standard InChI is InChI=1S/C15H19F3N2O3S/c1-2-19-14(21)13-5-3-4-10-20(13)24(22,23)12-8-6-11(7-9-12)15(16,17)18/h6-9,13H,2-5,10H2,1H3,(H,19,21)/t13-/m0/s1. The first-order chi connectivity index (χ1) is 11.2. The summed E-state index contributed by atoms with van der Waals surface area (Å²) in [6, 6.07) is 2.50. The van der Waals surface area contributed by atoms with Crippen molar-refractivity contribution in [2.75, 3.05) is 13.1 Å². The van der Waals surface area contributed by atoms with Crippen molar-refractivity contribution < 1.29 is 26.4 Å². The molecule has 9 heteroatoms. The van der Waals surface area contributed by atoms with Gasteiger partial charge in [0.05, 0.1) is 10.5 Å². The third kappa shape index (κ3) is 3.89. The van der Waals surface area contributed by atoms with Crippen LogP contribution in [0.4, 0.5) is 13.2 Å². The van der Waals surface area contributed by atoms with Gasteiger partial charge in [0.25, 0.3) is 0 Å². The van der Waals surface area contributed by atoms with Gasteiger partial charge in [-0.2, -0.15) is 17.5 Å². The summed E-state index contributed by atoms with van der Waals surface area (Å²) in [5.41, 5.74) is -0.916. The van der Waals surface area contributed by atoms with Gasteiger partial charge >= 0.3 is 6.18 Å².